The lowest BCUT2D eigenvalue weighted by Gasteiger charge is -2.30. The lowest BCUT2D eigenvalue weighted by molar-refractivity contribution is -0.150. The molecule has 3 heterocycles. The number of hydrogen-bond donors (Lipinski definition) is 0. The molecule has 0 spiro atoms. The van der Waals surface area contributed by atoms with E-state index < -0.39 is 0 Å². The number of hydrogen-bond acceptors (Lipinski definition) is 4. The molecule has 118 valence electrons. The van der Waals surface area contributed by atoms with Gasteiger partial charge in [-0.3, -0.25) is 9.69 Å². The zero-order valence-corrected chi connectivity index (χ0v) is 13.3. The summed E-state index contributed by atoms with van der Waals surface area (Å²) in [5, 5.41) is 0. The number of aryl methyl sites for hydroxylation is 1. The van der Waals surface area contributed by atoms with Gasteiger partial charge in [0.1, 0.15) is 5.65 Å². The molecule has 0 aliphatic carbocycles. The van der Waals surface area contributed by atoms with Gasteiger partial charge < -0.3 is 9.14 Å². The van der Waals surface area contributed by atoms with Crippen molar-refractivity contribution < 1.29 is 9.53 Å². The number of pyridine rings is 1. The molecule has 1 aliphatic rings. The molecule has 5 nitrogen and oxygen atoms in total. The van der Waals surface area contributed by atoms with Crippen LogP contribution in [0, 0.1) is 12.8 Å². The van der Waals surface area contributed by atoms with Gasteiger partial charge >= 0.3 is 5.97 Å². The summed E-state index contributed by atoms with van der Waals surface area (Å²) in [7, 11) is 0. The number of carbonyl (C=O) groups excluding carboxylic acids is 1. The van der Waals surface area contributed by atoms with Gasteiger partial charge in [0.2, 0.25) is 0 Å². The number of nitrogens with zero attached hydrogens (tertiary/aromatic N) is 3. The Bertz CT molecular complexity index is 665. The molecule has 3 rings (SSSR count). The van der Waals surface area contributed by atoms with Gasteiger partial charge in [-0.1, -0.05) is 6.07 Å². The SMILES string of the molecule is CCOC(=O)C1CCCN(Cc2cn3cccc(C)c3n2)C1. The molecule has 1 saturated heterocycles. The number of carbonyl (C=O) groups is 1. The first kappa shape index (κ1) is 15.0. The smallest absolute Gasteiger partial charge is 0.310 e. The Morgan fingerprint density at radius 3 is 3.14 bits per heavy atom. The molecule has 1 atom stereocenters. The number of piperidine rings is 1. The Morgan fingerprint density at radius 2 is 2.36 bits per heavy atom. The van der Waals surface area contributed by atoms with Crippen LogP contribution in [-0.4, -0.2) is 40.0 Å². The fourth-order valence-corrected chi connectivity index (χ4v) is 3.16. The molecular weight excluding hydrogens is 278 g/mol. The summed E-state index contributed by atoms with van der Waals surface area (Å²) in [6, 6.07) is 4.11. The highest BCUT2D eigenvalue weighted by atomic mass is 16.5. The molecule has 22 heavy (non-hydrogen) atoms. The number of imidazole rings is 1. The predicted octanol–water partition coefficient (Wildman–Crippen LogP) is 2.42. The van der Waals surface area contributed by atoms with Crippen LogP contribution in [0.2, 0.25) is 0 Å². The van der Waals surface area contributed by atoms with E-state index in [1.165, 1.54) is 5.56 Å². The van der Waals surface area contributed by atoms with Crippen molar-refractivity contribution in [2.45, 2.75) is 33.2 Å². The van der Waals surface area contributed by atoms with E-state index in [1.54, 1.807) is 0 Å². The van der Waals surface area contributed by atoms with Crippen LogP contribution in [0.25, 0.3) is 5.65 Å². The average Bonchev–Trinajstić information content (AvgIpc) is 2.92. The Kier molecular flexibility index (Phi) is 4.43. The van der Waals surface area contributed by atoms with Crippen molar-refractivity contribution in [2.75, 3.05) is 19.7 Å². The van der Waals surface area contributed by atoms with Crippen LogP contribution in [0.4, 0.5) is 0 Å². The summed E-state index contributed by atoms with van der Waals surface area (Å²) < 4.78 is 7.23. The average molecular weight is 301 g/mol. The van der Waals surface area contributed by atoms with Gasteiger partial charge in [0.25, 0.3) is 0 Å². The summed E-state index contributed by atoms with van der Waals surface area (Å²) in [4.78, 5) is 18.9. The maximum atomic E-state index is 11.9. The largest absolute Gasteiger partial charge is 0.466 e. The van der Waals surface area contributed by atoms with Crippen LogP contribution in [0.15, 0.2) is 24.5 Å². The van der Waals surface area contributed by atoms with Crippen molar-refractivity contribution in [3.05, 3.63) is 35.8 Å². The third kappa shape index (κ3) is 3.14. The van der Waals surface area contributed by atoms with Crippen molar-refractivity contribution >= 4 is 11.6 Å². The lowest BCUT2D eigenvalue weighted by Crippen LogP contribution is -2.39. The van der Waals surface area contributed by atoms with Gasteiger partial charge in [-0.05, 0) is 44.9 Å². The highest BCUT2D eigenvalue weighted by Gasteiger charge is 2.27. The van der Waals surface area contributed by atoms with E-state index in [1.807, 2.05) is 19.2 Å². The van der Waals surface area contributed by atoms with Gasteiger partial charge in [-0.2, -0.15) is 0 Å². The fourth-order valence-electron chi connectivity index (χ4n) is 3.16. The second-order valence-corrected chi connectivity index (χ2v) is 5.98. The first-order chi connectivity index (χ1) is 10.7. The molecule has 5 heteroatoms. The van der Waals surface area contributed by atoms with Crippen molar-refractivity contribution in [1.29, 1.82) is 0 Å². The monoisotopic (exact) mass is 301 g/mol. The number of fused-ring (bicyclic) bond motifs is 1. The Balaban J connectivity index is 1.69. The molecule has 1 unspecified atom stereocenters. The summed E-state index contributed by atoms with van der Waals surface area (Å²) in [6.07, 6.45) is 6.07. The van der Waals surface area contributed by atoms with Gasteiger partial charge in [0.15, 0.2) is 0 Å². The highest BCUT2D eigenvalue weighted by Crippen LogP contribution is 2.20. The standard InChI is InChI=1S/C17H23N3O2/c1-3-22-17(21)14-7-5-8-19(10-14)11-15-12-20-9-4-6-13(2)16(20)18-15/h4,6,9,12,14H,3,5,7-8,10-11H2,1-2H3. The van der Waals surface area contributed by atoms with E-state index in [9.17, 15) is 4.79 Å². The molecule has 0 N–H and O–H groups in total. The Labute approximate surface area is 130 Å². The maximum Gasteiger partial charge on any atom is 0.310 e. The highest BCUT2D eigenvalue weighted by molar-refractivity contribution is 5.72. The van der Waals surface area contributed by atoms with Crippen LogP contribution in [0.3, 0.4) is 0 Å². The van der Waals surface area contributed by atoms with E-state index in [0.717, 1.165) is 43.8 Å². The van der Waals surface area contributed by atoms with Crippen molar-refractivity contribution in [3.8, 4) is 0 Å². The van der Waals surface area contributed by atoms with Gasteiger partial charge in [-0.15, -0.1) is 0 Å². The fraction of sp³-hybridized carbons (Fsp3) is 0.529. The first-order valence-corrected chi connectivity index (χ1v) is 7.99. The van der Waals surface area contributed by atoms with Gasteiger partial charge in [0, 0.05) is 25.5 Å². The molecule has 1 aliphatic heterocycles. The zero-order chi connectivity index (χ0) is 15.5. The molecule has 2 aromatic rings. The molecule has 2 aromatic heterocycles. The quantitative estimate of drug-likeness (QED) is 0.814. The molecule has 0 saturated carbocycles. The molecule has 0 amide bonds. The molecule has 1 fully saturated rings. The van der Waals surface area contributed by atoms with Crippen LogP contribution in [-0.2, 0) is 16.1 Å². The van der Waals surface area contributed by atoms with E-state index in [4.69, 9.17) is 9.72 Å². The minimum atomic E-state index is -0.0574. The van der Waals surface area contributed by atoms with Crippen LogP contribution < -0.4 is 0 Å². The lowest BCUT2D eigenvalue weighted by atomic mass is 9.98. The van der Waals surface area contributed by atoms with E-state index in [-0.39, 0.29) is 11.9 Å². The molecule has 0 aromatic carbocycles. The second-order valence-electron chi connectivity index (χ2n) is 5.98. The third-order valence-corrected chi connectivity index (χ3v) is 4.24. The van der Waals surface area contributed by atoms with Gasteiger partial charge in [-0.25, -0.2) is 4.98 Å². The maximum absolute atomic E-state index is 11.9. The van der Waals surface area contributed by atoms with Crippen LogP contribution in [0.5, 0.6) is 0 Å². The van der Waals surface area contributed by atoms with Crippen molar-refractivity contribution in [3.63, 3.8) is 0 Å². The Morgan fingerprint density at radius 1 is 1.50 bits per heavy atom. The normalized spacial score (nSPS) is 19.5. The molecular formula is C17H23N3O2. The molecule has 0 radical (unpaired) electrons. The second kappa shape index (κ2) is 6.48. The predicted molar refractivity (Wildman–Crippen MR) is 84.6 cm³/mol. The van der Waals surface area contributed by atoms with Crippen molar-refractivity contribution in [1.82, 2.24) is 14.3 Å². The number of esters is 1. The summed E-state index contributed by atoms with van der Waals surface area (Å²) >= 11 is 0. The number of rotatable bonds is 4. The number of ether oxygens (including phenoxy) is 1. The van der Waals surface area contributed by atoms with E-state index >= 15 is 0 Å². The van der Waals surface area contributed by atoms with Crippen LogP contribution >= 0.6 is 0 Å². The minimum Gasteiger partial charge on any atom is -0.466 e. The molecule has 0 bridgehead atoms. The summed E-state index contributed by atoms with van der Waals surface area (Å²) in [5.41, 5.74) is 3.24. The minimum absolute atomic E-state index is 0.00691. The first-order valence-electron chi connectivity index (χ1n) is 7.99. The number of likely N-dealkylation sites (tertiary alicyclic amines) is 1. The van der Waals surface area contributed by atoms with Crippen LogP contribution in [0.1, 0.15) is 31.0 Å². The van der Waals surface area contributed by atoms with Crippen molar-refractivity contribution in [2.24, 2.45) is 5.92 Å². The Hall–Kier alpha value is -1.88. The summed E-state index contributed by atoms with van der Waals surface area (Å²) in [6.45, 7) is 6.97. The summed E-state index contributed by atoms with van der Waals surface area (Å²) in [5.74, 6) is -0.0505. The van der Waals surface area contributed by atoms with E-state index in [2.05, 4.69) is 28.5 Å². The van der Waals surface area contributed by atoms with Gasteiger partial charge in [0.05, 0.1) is 18.2 Å². The topological polar surface area (TPSA) is 46.8 Å². The third-order valence-electron chi connectivity index (χ3n) is 4.24. The van der Waals surface area contributed by atoms with E-state index in [0.29, 0.717) is 6.61 Å². The number of aromatic nitrogens is 2. The zero-order valence-electron chi connectivity index (χ0n) is 13.3.